The summed E-state index contributed by atoms with van der Waals surface area (Å²) in [7, 11) is 3.02. The normalized spacial score (nSPS) is 16.5. The van der Waals surface area contributed by atoms with E-state index in [0.29, 0.717) is 6.42 Å². The molecule has 1 aliphatic heterocycles. The van der Waals surface area contributed by atoms with Crippen molar-refractivity contribution in [2.45, 2.75) is 12.5 Å². The maximum Gasteiger partial charge on any atom is 0.330 e. The number of nitrogens with zero attached hydrogens (tertiary/aromatic N) is 1. The molecule has 0 fully saturated rings. The van der Waals surface area contributed by atoms with E-state index < -0.39 is 6.04 Å². The molecule has 2 aromatic carbocycles. The predicted octanol–water partition coefficient (Wildman–Crippen LogP) is 2.63. The fourth-order valence-corrected chi connectivity index (χ4v) is 2.67. The second kappa shape index (κ2) is 6.02. The average molecular weight is 295 g/mol. The smallest absolute Gasteiger partial charge is 0.330 e. The Labute approximate surface area is 129 Å². The summed E-state index contributed by atoms with van der Waals surface area (Å²) in [5, 5.41) is 0. The third-order valence-electron chi connectivity index (χ3n) is 3.79. The van der Waals surface area contributed by atoms with Gasteiger partial charge in [0.05, 0.1) is 19.9 Å². The zero-order chi connectivity index (χ0) is 15.5. The van der Waals surface area contributed by atoms with E-state index in [0.717, 1.165) is 28.2 Å². The molecule has 0 radical (unpaired) electrons. The van der Waals surface area contributed by atoms with Gasteiger partial charge in [0.15, 0.2) is 6.04 Å². The molecule has 2 aromatic rings. The van der Waals surface area contributed by atoms with Gasteiger partial charge in [0.25, 0.3) is 0 Å². The number of carbonyl (C=O) groups is 1. The van der Waals surface area contributed by atoms with Crippen molar-refractivity contribution in [2.24, 2.45) is 4.99 Å². The molecule has 1 aliphatic rings. The highest BCUT2D eigenvalue weighted by atomic mass is 16.5. The van der Waals surface area contributed by atoms with Crippen LogP contribution in [0.25, 0.3) is 0 Å². The molecule has 0 aliphatic carbocycles. The molecule has 0 amide bonds. The first-order valence-corrected chi connectivity index (χ1v) is 7.11. The highest BCUT2D eigenvalue weighted by Crippen LogP contribution is 2.27. The number of fused-ring (bicyclic) bond motifs is 1. The van der Waals surface area contributed by atoms with Gasteiger partial charge in [-0.05, 0) is 23.8 Å². The number of ether oxygens (including phenoxy) is 2. The Kier molecular flexibility index (Phi) is 3.92. The lowest BCUT2D eigenvalue weighted by atomic mass is 9.90. The molecule has 0 saturated carbocycles. The summed E-state index contributed by atoms with van der Waals surface area (Å²) in [4.78, 5) is 16.6. The number of rotatable bonds is 3. The van der Waals surface area contributed by atoms with Gasteiger partial charge in [-0.25, -0.2) is 4.79 Å². The van der Waals surface area contributed by atoms with Crippen molar-refractivity contribution >= 4 is 11.7 Å². The van der Waals surface area contributed by atoms with Crippen LogP contribution in [0.5, 0.6) is 5.75 Å². The molecule has 0 saturated heterocycles. The van der Waals surface area contributed by atoms with E-state index in [1.165, 1.54) is 7.11 Å². The topological polar surface area (TPSA) is 47.9 Å². The van der Waals surface area contributed by atoms with Crippen LogP contribution < -0.4 is 4.74 Å². The standard InChI is InChI=1S/C18H17NO3/c1-21-14-8-9-15-13(10-14)11-16(18(20)22-2)19-17(15)12-6-4-3-5-7-12/h3-10,16H,11H2,1-2H3. The summed E-state index contributed by atoms with van der Waals surface area (Å²) in [6.45, 7) is 0. The average Bonchev–Trinajstić information content (AvgIpc) is 2.60. The Balaban J connectivity index is 2.12. The Hall–Kier alpha value is -2.62. The second-order valence-electron chi connectivity index (χ2n) is 5.11. The number of hydrogen-bond donors (Lipinski definition) is 0. The molecule has 1 atom stereocenters. The van der Waals surface area contributed by atoms with Gasteiger partial charge >= 0.3 is 5.97 Å². The van der Waals surface area contributed by atoms with Crippen molar-refractivity contribution < 1.29 is 14.3 Å². The summed E-state index contributed by atoms with van der Waals surface area (Å²) < 4.78 is 10.2. The van der Waals surface area contributed by atoms with E-state index in [1.54, 1.807) is 7.11 Å². The number of benzene rings is 2. The van der Waals surface area contributed by atoms with Crippen molar-refractivity contribution in [3.05, 3.63) is 65.2 Å². The molecular formula is C18H17NO3. The van der Waals surface area contributed by atoms with Gasteiger partial charge in [0.2, 0.25) is 0 Å². The van der Waals surface area contributed by atoms with Crippen LogP contribution in [0.15, 0.2) is 53.5 Å². The third-order valence-corrected chi connectivity index (χ3v) is 3.79. The highest BCUT2D eigenvalue weighted by Gasteiger charge is 2.27. The molecular weight excluding hydrogens is 278 g/mol. The van der Waals surface area contributed by atoms with Crippen LogP contribution in [0.4, 0.5) is 0 Å². The van der Waals surface area contributed by atoms with Gasteiger partial charge < -0.3 is 9.47 Å². The molecule has 22 heavy (non-hydrogen) atoms. The van der Waals surface area contributed by atoms with Gasteiger partial charge in [0.1, 0.15) is 5.75 Å². The van der Waals surface area contributed by atoms with Crippen LogP contribution in [0.1, 0.15) is 16.7 Å². The van der Waals surface area contributed by atoms with E-state index in [4.69, 9.17) is 9.47 Å². The first kappa shape index (κ1) is 14.3. The second-order valence-corrected chi connectivity index (χ2v) is 5.11. The summed E-state index contributed by atoms with van der Waals surface area (Å²) in [6, 6.07) is 15.2. The van der Waals surface area contributed by atoms with Crippen LogP contribution in [0, 0.1) is 0 Å². The zero-order valence-corrected chi connectivity index (χ0v) is 12.6. The van der Waals surface area contributed by atoms with Crippen LogP contribution >= 0.6 is 0 Å². The van der Waals surface area contributed by atoms with Crippen molar-refractivity contribution in [1.29, 1.82) is 0 Å². The summed E-state index contributed by atoms with van der Waals surface area (Å²) >= 11 is 0. The van der Waals surface area contributed by atoms with Crippen molar-refractivity contribution in [3.63, 3.8) is 0 Å². The minimum atomic E-state index is -0.514. The van der Waals surface area contributed by atoms with Crippen molar-refractivity contribution in [3.8, 4) is 5.75 Å². The monoisotopic (exact) mass is 295 g/mol. The largest absolute Gasteiger partial charge is 0.497 e. The number of hydrogen-bond acceptors (Lipinski definition) is 4. The molecule has 0 aromatic heterocycles. The van der Waals surface area contributed by atoms with Gasteiger partial charge in [-0.15, -0.1) is 0 Å². The fraction of sp³-hybridized carbons (Fsp3) is 0.222. The van der Waals surface area contributed by atoms with E-state index in [2.05, 4.69) is 4.99 Å². The first-order chi connectivity index (χ1) is 10.7. The van der Waals surface area contributed by atoms with E-state index in [-0.39, 0.29) is 5.97 Å². The molecule has 4 nitrogen and oxygen atoms in total. The Morgan fingerprint density at radius 2 is 1.91 bits per heavy atom. The molecule has 4 heteroatoms. The van der Waals surface area contributed by atoms with Crippen molar-refractivity contribution in [1.82, 2.24) is 0 Å². The highest BCUT2D eigenvalue weighted by molar-refractivity contribution is 6.15. The Morgan fingerprint density at radius 1 is 1.14 bits per heavy atom. The number of esters is 1. The third kappa shape index (κ3) is 2.60. The molecule has 0 bridgehead atoms. The number of aliphatic imine (C=N–C) groups is 1. The lowest BCUT2D eigenvalue weighted by Crippen LogP contribution is -2.29. The van der Waals surface area contributed by atoms with E-state index in [1.807, 2.05) is 48.5 Å². The zero-order valence-electron chi connectivity index (χ0n) is 12.6. The number of carbonyl (C=O) groups excluding carboxylic acids is 1. The predicted molar refractivity (Wildman–Crippen MR) is 84.6 cm³/mol. The SMILES string of the molecule is COC(=O)C1Cc2cc(OC)ccc2C(c2ccccc2)=N1. The van der Waals surface area contributed by atoms with Gasteiger partial charge in [-0.3, -0.25) is 4.99 Å². The van der Waals surface area contributed by atoms with Crippen LogP contribution in [0.3, 0.4) is 0 Å². The van der Waals surface area contributed by atoms with Crippen LogP contribution in [-0.4, -0.2) is 31.9 Å². The molecule has 3 rings (SSSR count). The van der Waals surface area contributed by atoms with Crippen LogP contribution in [0.2, 0.25) is 0 Å². The van der Waals surface area contributed by atoms with Gasteiger partial charge in [-0.1, -0.05) is 30.3 Å². The van der Waals surface area contributed by atoms with Crippen LogP contribution in [-0.2, 0) is 16.0 Å². The fourth-order valence-electron chi connectivity index (χ4n) is 2.67. The Bertz CT molecular complexity index is 722. The van der Waals surface area contributed by atoms with Gasteiger partial charge in [-0.2, -0.15) is 0 Å². The minimum Gasteiger partial charge on any atom is -0.497 e. The van der Waals surface area contributed by atoms with E-state index in [9.17, 15) is 4.79 Å². The first-order valence-electron chi connectivity index (χ1n) is 7.11. The Morgan fingerprint density at radius 3 is 2.59 bits per heavy atom. The lowest BCUT2D eigenvalue weighted by molar-refractivity contribution is -0.142. The summed E-state index contributed by atoms with van der Waals surface area (Å²) in [5.74, 6) is 0.457. The molecule has 112 valence electrons. The maximum atomic E-state index is 11.9. The molecule has 1 unspecified atom stereocenters. The lowest BCUT2D eigenvalue weighted by Gasteiger charge is -2.23. The number of methoxy groups -OCH3 is 2. The molecule has 0 N–H and O–H groups in total. The summed E-state index contributed by atoms with van der Waals surface area (Å²) in [6.07, 6.45) is 0.523. The molecule has 0 spiro atoms. The quantitative estimate of drug-likeness (QED) is 0.818. The maximum absolute atomic E-state index is 11.9. The van der Waals surface area contributed by atoms with Gasteiger partial charge in [0, 0.05) is 17.5 Å². The van der Waals surface area contributed by atoms with E-state index >= 15 is 0 Å². The van der Waals surface area contributed by atoms with Crippen molar-refractivity contribution in [2.75, 3.05) is 14.2 Å². The summed E-state index contributed by atoms with van der Waals surface area (Å²) in [5.41, 5.74) is 3.89. The molecule has 1 heterocycles. The minimum absolute atomic E-state index is 0.318.